The highest BCUT2D eigenvalue weighted by molar-refractivity contribution is 5.86. The lowest BCUT2D eigenvalue weighted by molar-refractivity contribution is -0.621. The van der Waals surface area contributed by atoms with Crippen LogP contribution < -0.4 is 0 Å². The molecule has 5 nitrogen and oxygen atoms in total. The van der Waals surface area contributed by atoms with Gasteiger partial charge in [0.25, 0.3) is 0 Å². The van der Waals surface area contributed by atoms with Gasteiger partial charge in [-0.25, -0.2) is 4.79 Å². The molecule has 0 radical (unpaired) electrons. The van der Waals surface area contributed by atoms with E-state index in [-0.39, 0.29) is 11.4 Å². The van der Waals surface area contributed by atoms with E-state index >= 15 is 0 Å². The van der Waals surface area contributed by atoms with Gasteiger partial charge in [0.1, 0.15) is 11.2 Å². The number of esters is 1. The van der Waals surface area contributed by atoms with Crippen LogP contribution in [0.2, 0.25) is 0 Å². The minimum atomic E-state index is -0.523. The first kappa shape index (κ1) is 17.1. The molecule has 5 heteroatoms. The maximum Gasteiger partial charge on any atom is 0.333 e. The number of carbonyl (C=O) groups excluding carboxylic acids is 1. The van der Waals surface area contributed by atoms with Gasteiger partial charge in [-0.2, -0.15) is 9.78 Å². The summed E-state index contributed by atoms with van der Waals surface area (Å²) in [7, 11) is 0. The van der Waals surface area contributed by atoms with Crippen LogP contribution in [0.25, 0.3) is 0 Å². The standard InChI is InChI=1S/C15H26O5/c1-11(2)12(16)17-10-8-9-15(7)13(3,4)14(5,6)18-20-19-15/h1,8-10H2,2-7H3. The SMILES string of the molecule is C=C(C)C(=O)OCCCC1(C)OOOC(C)(C)C1(C)C. The van der Waals surface area contributed by atoms with Crippen LogP contribution in [0, 0.1) is 5.41 Å². The fourth-order valence-electron chi connectivity index (χ4n) is 2.07. The second-order valence-electron chi connectivity index (χ2n) is 6.62. The number of hydrogen-bond acceptors (Lipinski definition) is 5. The Kier molecular flexibility index (Phi) is 5.00. The van der Waals surface area contributed by atoms with Gasteiger partial charge in [0.15, 0.2) is 0 Å². The third-order valence-electron chi connectivity index (χ3n) is 4.67. The van der Waals surface area contributed by atoms with Crippen LogP contribution in [-0.4, -0.2) is 23.8 Å². The molecule has 0 aromatic rings. The van der Waals surface area contributed by atoms with Crippen molar-refractivity contribution in [3.8, 4) is 0 Å². The van der Waals surface area contributed by atoms with E-state index in [2.05, 4.69) is 20.4 Å². The number of hydrogen-bond donors (Lipinski definition) is 0. The second-order valence-corrected chi connectivity index (χ2v) is 6.62. The van der Waals surface area contributed by atoms with E-state index in [1.165, 1.54) is 0 Å². The van der Waals surface area contributed by atoms with Crippen molar-refractivity contribution in [3.63, 3.8) is 0 Å². The highest BCUT2D eigenvalue weighted by Crippen LogP contribution is 2.50. The van der Waals surface area contributed by atoms with E-state index in [0.29, 0.717) is 25.0 Å². The number of rotatable bonds is 5. The van der Waals surface area contributed by atoms with Gasteiger partial charge in [0, 0.05) is 11.0 Å². The van der Waals surface area contributed by atoms with E-state index in [4.69, 9.17) is 19.6 Å². The van der Waals surface area contributed by atoms with Gasteiger partial charge in [-0.1, -0.05) is 25.5 Å². The monoisotopic (exact) mass is 286 g/mol. The summed E-state index contributed by atoms with van der Waals surface area (Å²) in [5.41, 5.74) is -0.863. The van der Waals surface area contributed by atoms with Crippen LogP contribution in [0.15, 0.2) is 12.2 Å². The topological polar surface area (TPSA) is 54.0 Å². The predicted molar refractivity (Wildman–Crippen MR) is 74.5 cm³/mol. The molecule has 1 fully saturated rings. The predicted octanol–water partition coefficient (Wildman–Crippen LogP) is 3.34. The zero-order valence-electron chi connectivity index (χ0n) is 13.4. The minimum Gasteiger partial charge on any atom is -0.462 e. The Morgan fingerprint density at radius 3 is 2.30 bits per heavy atom. The Labute approximate surface area is 121 Å². The van der Waals surface area contributed by atoms with E-state index in [0.717, 1.165) is 0 Å². The molecule has 1 rings (SSSR count). The number of ether oxygens (including phenoxy) is 1. The van der Waals surface area contributed by atoms with Crippen molar-refractivity contribution in [2.24, 2.45) is 5.41 Å². The van der Waals surface area contributed by atoms with E-state index < -0.39 is 11.2 Å². The first-order valence-corrected chi connectivity index (χ1v) is 6.90. The summed E-state index contributed by atoms with van der Waals surface area (Å²) in [6.07, 6.45) is 1.37. The highest BCUT2D eigenvalue weighted by atomic mass is 17.5. The quantitative estimate of drug-likeness (QED) is 0.336. The van der Waals surface area contributed by atoms with Crippen molar-refractivity contribution < 1.29 is 24.3 Å². The third-order valence-corrected chi connectivity index (χ3v) is 4.67. The Bertz CT molecular complexity index is 386. The summed E-state index contributed by atoms with van der Waals surface area (Å²) in [5, 5.41) is 4.83. The van der Waals surface area contributed by atoms with Gasteiger partial charge in [-0.05, 0) is 40.5 Å². The summed E-state index contributed by atoms with van der Waals surface area (Å²) in [4.78, 5) is 21.9. The van der Waals surface area contributed by atoms with Gasteiger partial charge >= 0.3 is 5.97 Å². The molecule has 0 aromatic carbocycles. The molecule has 1 heterocycles. The summed E-state index contributed by atoms with van der Waals surface area (Å²) in [5.74, 6) is -0.362. The molecule has 0 saturated carbocycles. The fraction of sp³-hybridized carbons (Fsp3) is 0.800. The average Bonchev–Trinajstić information content (AvgIpc) is 2.32. The molecule has 0 aliphatic carbocycles. The Morgan fingerprint density at radius 1 is 1.15 bits per heavy atom. The van der Waals surface area contributed by atoms with E-state index in [1.54, 1.807) is 6.92 Å². The summed E-state index contributed by atoms with van der Waals surface area (Å²) < 4.78 is 5.09. The lowest BCUT2D eigenvalue weighted by Gasteiger charge is -2.53. The first-order chi connectivity index (χ1) is 9.03. The molecule has 1 unspecified atom stereocenters. The van der Waals surface area contributed by atoms with Gasteiger partial charge in [-0.3, -0.25) is 0 Å². The largest absolute Gasteiger partial charge is 0.462 e. The van der Waals surface area contributed by atoms with Crippen molar-refractivity contribution in [3.05, 3.63) is 12.2 Å². The van der Waals surface area contributed by atoms with Crippen molar-refractivity contribution >= 4 is 5.97 Å². The fourth-order valence-corrected chi connectivity index (χ4v) is 2.07. The molecule has 0 aromatic heterocycles. The van der Waals surface area contributed by atoms with E-state index in [1.807, 2.05) is 20.8 Å². The van der Waals surface area contributed by atoms with Gasteiger partial charge in [0.2, 0.25) is 0 Å². The van der Waals surface area contributed by atoms with Crippen LogP contribution in [-0.2, 0) is 24.3 Å². The van der Waals surface area contributed by atoms with E-state index in [9.17, 15) is 4.79 Å². The second kappa shape index (κ2) is 5.84. The highest BCUT2D eigenvalue weighted by Gasteiger charge is 2.57. The molecule has 1 saturated heterocycles. The Balaban J connectivity index is 2.57. The summed E-state index contributed by atoms with van der Waals surface area (Å²) in [6.45, 7) is 15.6. The Hall–Kier alpha value is -0.910. The zero-order chi connectivity index (χ0) is 15.6. The molecule has 116 valence electrons. The molecule has 0 amide bonds. The molecule has 0 spiro atoms. The molecular formula is C15H26O5. The van der Waals surface area contributed by atoms with Crippen LogP contribution >= 0.6 is 0 Å². The molecule has 20 heavy (non-hydrogen) atoms. The van der Waals surface area contributed by atoms with Crippen LogP contribution in [0.1, 0.15) is 54.4 Å². The van der Waals surface area contributed by atoms with Gasteiger partial charge in [0.05, 0.1) is 6.61 Å². The molecule has 1 atom stereocenters. The minimum absolute atomic E-state index is 0.267. The number of carbonyl (C=O) groups is 1. The summed E-state index contributed by atoms with van der Waals surface area (Å²) >= 11 is 0. The van der Waals surface area contributed by atoms with Crippen molar-refractivity contribution in [1.82, 2.24) is 0 Å². The molecule has 1 aliphatic heterocycles. The Morgan fingerprint density at radius 2 is 1.75 bits per heavy atom. The van der Waals surface area contributed by atoms with Crippen molar-refractivity contribution in [2.45, 2.75) is 65.6 Å². The molecular weight excluding hydrogens is 260 g/mol. The van der Waals surface area contributed by atoms with Crippen LogP contribution in [0.4, 0.5) is 0 Å². The molecule has 1 aliphatic rings. The first-order valence-electron chi connectivity index (χ1n) is 6.90. The maximum absolute atomic E-state index is 11.3. The smallest absolute Gasteiger partial charge is 0.333 e. The van der Waals surface area contributed by atoms with Crippen molar-refractivity contribution in [2.75, 3.05) is 6.61 Å². The van der Waals surface area contributed by atoms with Gasteiger partial charge in [-0.15, -0.1) is 0 Å². The zero-order valence-corrected chi connectivity index (χ0v) is 13.4. The molecule has 0 N–H and O–H groups in total. The average molecular weight is 286 g/mol. The summed E-state index contributed by atoms with van der Waals surface area (Å²) in [6, 6.07) is 0. The van der Waals surface area contributed by atoms with Crippen LogP contribution in [0.3, 0.4) is 0 Å². The molecule has 0 bridgehead atoms. The normalized spacial score (nSPS) is 27.9. The lowest BCUT2D eigenvalue weighted by atomic mass is 9.64. The third kappa shape index (κ3) is 3.22. The van der Waals surface area contributed by atoms with Gasteiger partial charge < -0.3 is 4.74 Å². The lowest BCUT2D eigenvalue weighted by Crippen LogP contribution is -2.60. The van der Waals surface area contributed by atoms with Crippen LogP contribution in [0.5, 0.6) is 0 Å². The van der Waals surface area contributed by atoms with Crippen molar-refractivity contribution in [1.29, 1.82) is 0 Å². The maximum atomic E-state index is 11.3.